The molecule has 4 rings (SSSR count). The highest BCUT2D eigenvalue weighted by atomic mass is 14.7. The molecule has 0 amide bonds. The standard InChI is InChI=1S/C20H17N/c1-20(14-6-9-15-7-2-4-10-17(15)20)19-13-12-16-8-3-5-11-18(16)21-19/h2-13H,14H2,1H3. The van der Waals surface area contributed by atoms with E-state index >= 15 is 0 Å². The third-order valence-electron chi connectivity index (χ3n) is 4.54. The number of hydrogen-bond donors (Lipinski definition) is 0. The summed E-state index contributed by atoms with van der Waals surface area (Å²) in [7, 11) is 0. The Labute approximate surface area is 125 Å². The normalized spacial score (nSPS) is 20.4. The Hall–Kier alpha value is -2.41. The number of hydrogen-bond acceptors (Lipinski definition) is 1. The van der Waals surface area contributed by atoms with Gasteiger partial charge in [-0.15, -0.1) is 0 Å². The molecule has 0 fully saturated rings. The largest absolute Gasteiger partial charge is 0.252 e. The molecule has 1 heterocycles. The number of benzene rings is 2. The third kappa shape index (κ3) is 1.89. The van der Waals surface area contributed by atoms with Gasteiger partial charge in [0.05, 0.1) is 11.2 Å². The van der Waals surface area contributed by atoms with Gasteiger partial charge in [0, 0.05) is 10.8 Å². The van der Waals surface area contributed by atoms with E-state index < -0.39 is 0 Å². The van der Waals surface area contributed by atoms with E-state index in [9.17, 15) is 0 Å². The summed E-state index contributed by atoms with van der Waals surface area (Å²) < 4.78 is 0. The van der Waals surface area contributed by atoms with E-state index in [-0.39, 0.29) is 5.41 Å². The van der Waals surface area contributed by atoms with Gasteiger partial charge >= 0.3 is 0 Å². The number of allylic oxidation sites excluding steroid dienone is 1. The molecular weight excluding hydrogens is 254 g/mol. The highest BCUT2D eigenvalue weighted by Gasteiger charge is 2.32. The highest BCUT2D eigenvalue weighted by molar-refractivity contribution is 5.79. The Morgan fingerprint density at radius 1 is 0.905 bits per heavy atom. The van der Waals surface area contributed by atoms with E-state index in [1.807, 2.05) is 0 Å². The predicted octanol–water partition coefficient (Wildman–Crippen LogP) is 4.96. The maximum atomic E-state index is 4.94. The molecule has 21 heavy (non-hydrogen) atoms. The van der Waals surface area contributed by atoms with Crippen molar-refractivity contribution in [3.05, 3.63) is 83.6 Å². The lowest BCUT2D eigenvalue weighted by atomic mass is 9.72. The fourth-order valence-corrected chi connectivity index (χ4v) is 3.29. The first kappa shape index (κ1) is 12.3. The fourth-order valence-electron chi connectivity index (χ4n) is 3.29. The first-order valence-electron chi connectivity index (χ1n) is 7.40. The van der Waals surface area contributed by atoms with Gasteiger partial charge in [-0.3, -0.25) is 4.98 Å². The van der Waals surface area contributed by atoms with Crippen molar-refractivity contribution in [2.45, 2.75) is 18.8 Å². The Morgan fingerprint density at radius 3 is 2.67 bits per heavy atom. The van der Waals surface area contributed by atoms with Crippen molar-refractivity contribution >= 4 is 17.0 Å². The van der Waals surface area contributed by atoms with Crippen LogP contribution in [0, 0.1) is 0 Å². The minimum absolute atomic E-state index is 0.0463. The van der Waals surface area contributed by atoms with Gasteiger partial charge in [-0.25, -0.2) is 0 Å². The summed E-state index contributed by atoms with van der Waals surface area (Å²) in [4.78, 5) is 4.94. The first-order valence-corrected chi connectivity index (χ1v) is 7.40. The molecule has 1 nitrogen and oxygen atoms in total. The van der Waals surface area contributed by atoms with Crippen LogP contribution in [0.2, 0.25) is 0 Å². The molecule has 0 N–H and O–H groups in total. The molecule has 0 bridgehead atoms. The maximum absolute atomic E-state index is 4.94. The average molecular weight is 271 g/mol. The van der Waals surface area contributed by atoms with Gasteiger partial charge in [-0.05, 0) is 36.6 Å². The molecule has 2 aromatic carbocycles. The van der Waals surface area contributed by atoms with Crippen LogP contribution >= 0.6 is 0 Å². The number of nitrogens with zero attached hydrogens (tertiary/aromatic N) is 1. The van der Waals surface area contributed by atoms with Crippen LogP contribution in [-0.2, 0) is 5.41 Å². The molecule has 1 aromatic heterocycles. The van der Waals surface area contributed by atoms with Gasteiger partial charge in [-0.1, -0.05) is 60.7 Å². The van der Waals surface area contributed by atoms with Crippen LogP contribution in [0.1, 0.15) is 30.2 Å². The second kappa shape index (κ2) is 4.56. The summed E-state index contributed by atoms with van der Waals surface area (Å²) >= 11 is 0. The van der Waals surface area contributed by atoms with Gasteiger partial charge in [0.25, 0.3) is 0 Å². The SMILES string of the molecule is CC1(c2ccc3ccccc3n2)CC=Cc2ccccc21. The monoisotopic (exact) mass is 271 g/mol. The van der Waals surface area contributed by atoms with Crippen molar-refractivity contribution in [1.82, 2.24) is 4.98 Å². The van der Waals surface area contributed by atoms with Crippen LogP contribution in [0.3, 0.4) is 0 Å². The lowest BCUT2D eigenvalue weighted by Crippen LogP contribution is -2.27. The van der Waals surface area contributed by atoms with E-state index in [1.165, 1.54) is 16.5 Å². The number of para-hydroxylation sites is 1. The molecular formula is C20H17N. The molecule has 0 saturated carbocycles. The Morgan fingerprint density at radius 2 is 1.71 bits per heavy atom. The second-order valence-electron chi connectivity index (χ2n) is 5.92. The van der Waals surface area contributed by atoms with Crippen molar-refractivity contribution < 1.29 is 0 Å². The van der Waals surface area contributed by atoms with Gasteiger partial charge in [0.2, 0.25) is 0 Å². The predicted molar refractivity (Wildman–Crippen MR) is 88.3 cm³/mol. The highest BCUT2D eigenvalue weighted by Crippen LogP contribution is 2.40. The maximum Gasteiger partial charge on any atom is 0.0705 e. The number of rotatable bonds is 1. The molecule has 3 aromatic rings. The molecule has 102 valence electrons. The van der Waals surface area contributed by atoms with Crippen molar-refractivity contribution in [3.8, 4) is 0 Å². The molecule has 0 radical (unpaired) electrons. The molecule has 0 saturated heterocycles. The smallest absolute Gasteiger partial charge is 0.0705 e. The third-order valence-corrected chi connectivity index (χ3v) is 4.54. The van der Waals surface area contributed by atoms with Crippen LogP contribution in [0.15, 0.2) is 66.7 Å². The summed E-state index contributed by atoms with van der Waals surface area (Å²) in [6.07, 6.45) is 5.48. The molecule has 0 spiro atoms. The summed E-state index contributed by atoms with van der Waals surface area (Å²) in [6, 6.07) is 21.3. The van der Waals surface area contributed by atoms with E-state index in [4.69, 9.17) is 4.98 Å². The van der Waals surface area contributed by atoms with Crippen LogP contribution in [0.5, 0.6) is 0 Å². The minimum Gasteiger partial charge on any atom is -0.252 e. The van der Waals surface area contributed by atoms with Crippen LogP contribution < -0.4 is 0 Å². The zero-order valence-electron chi connectivity index (χ0n) is 12.1. The molecule has 1 unspecified atom stereocenters. The Balaban J connectivity index is 1.93. The van der Waals surface area contributed by atoms with Crippen LogP contribution in [0.4, 0.5) is 0 Å². The number of fused-ring (bicyclic) bond motifs is 2. The fraction of sp³-hybridized carbons (Fsp3) is 0.150. The van der Waals surface area contributed by atoms with Gasteiger partial charge in [-0.2, -0.15) is 0 Å². The van der Waals surface area contributed by atoms with E-state index in [0.717, 1.165) is 17.6 Å². The lowest BCUT2D eigenvalue weighted by Gasteiger charge is -2.33. The minimum atomic E-state index is -0.0463. The molecule has 1 heteroatoms. The zero-order valence-corrected chi connectivity index (χ0v) is 12.1. The van der Waals surface area contributed by atoms with Crippen molar-refractivity contribution in [3.63, 3.8) is 0 Å². The second-order valence-corrected chi connectivity index (χ2v) is 5.92. The van der Waals surface area contributed by atoms with E-state index in [0.29, 0.717) is 0 Å². The molecule has 0 aliphatic heterocycles. The van der Waals surface area contributed by atoms with Gasteiger partial charge in [0.1, 0.15) is 0 Å². The Bertz CT molecular complexity index is 847. The quantitative estimate of drug-likeness (QED) is 0.609. The summed E-state index contributed by atoms with van der Waals surface area (Å²) in [5.74, 6) is 0. The number of pyridine rings is 1. The average Bonchev–Trinajstić information content (AvgIpc) is 2.55. The van der Waals surface area contributed by atoms with Crippen molar-refractivity contribution in [2.75, 3.05) is 0 Å². The van der Waals surface area contributed by atoms with Crippen molar-refractivity contribution in [1.29, 1.82) is 0 Å². The van der Waals surface area contributed by atoms with Crippen molar-refractivity contribution in [2.24, 2.45) is 0 Å². The van der Waals surface area contributed by atoms with E-state index in [2.05, 4.69) is 79.7 Å². The molecule has 1 aliphatic rings. The van der Waals surface area contributed by atoms with Crippen LogP contribution in [0.25, 0.3) is 17.0 Å². The van der Waals surface area contributed by atoms with E-state index in [1.54, 1.807) is 0 Å². The first-order chi connectivity index (χ1) is 10.3. The summed E-state index contributed by atoms with van der Waals surface area (Å²) in [5.41, 5.74) is 4.85. The molecule has 1 aliphatic carbocycles. The topological polar surface area (TPSA) is 12.9 Å². The van der Waals surface area contributed by atoms with Gasteiger partial charge in [0.15, 0.2) is 0 Å². The summed E-state index contributed by atoms with van der Waals surface area (Å²) in [5, 5.41) is 1.20. The lowest BCUT2D eigenvalue weighted by molar-refractivity contribution is 0.558. The van der Waals surface area contributed by atoms with Gasteiger partial charge < -0.3 is 0 Å². The zero-order chi connectivity index (χ0) is 14.3. The van der Waals surface area contributed by atoms with Crippen LogP contribution in [-0.4, -0.2) is 4.98 Å². The number of aromatic nitrogens is 1. The molecule has 1 atom stereocenters. The Kier molecular flexibility index (Phi) is 2.68. The summed E-state index contributed by atoms with van der Waals surface area (Å²) in [6.45, 7) is 2.30.